The second-order valence-corrected chi connectivity index (χ2v) is 10.2. The van der Waals surface area contributed by atoms with Crippen LogP contribution in [0, 0.1) is 0 Å². The first-order valence-electron chi connectivity index (χ1n) is 7.01. The maximum absolute atomic E-state index is 12.8. The summed E-state index contributed by atoms with van der Waals surface area (Å²) < 4.78 is 52.0. The zero-order valence-corrected chi connectivity index (χ0v) is 15.0. The van der Waals surface area contributed by atoms with Crippen LogP contribution in [0.5, 0.6) is 0 Å². The largest absolute Gasteiger partial charge is 0.264 e. The Morgan fingerprint density at radius 1 is 1.22 bits per heavy atom. The lowest BCUT2D eigenvalue weighted by Crippen LogP contribution is -2.33. The van der Waals surface area contributed by atoms with Crippen molar-refractivity contribution in [2.75, 3.05) is 12.3 Å². The normalized spacial score (nSPS) is 13.8. The molecule has 0 amide bonds. The van der Waals surface area contributed by atoms with E-state index in [0.29, 0.717) is 12.0 Å². The highest BCUT2D eigenvalue weighted by Gasteiger charge is 2.31. The summed E-state index contributed by atoms with van der Waals surface area (Å²) in [5.74, 6) is -0.0359. The van der Waals surface area contributed by atoms with E-state index in [1.165, 1.54) is 12.3 Å². The Bertz CT molecular complexity index is 816. The average molecular weight is 375 g/mol. The molecule has 0 unspecified atom stereocenters. The van der Waals surface area contributed by atoms with Crippen LogP contribution >= 0.6 is 11.3 Å². The van der Waals surface area contributed by atoms with Crippen molar-refractivity contribution < 1.29 is 16.8 Å². The van der Waals surface area contributed by atoms with E-state index >= 15 is 0 Å². The van der Waals surface area contributed by atoms with Crippen molar-refractivity contribution in [2.24, 2.45) is 0 Å². The van der Waals surface area contributed by atoms with Crippen molar-refractivity contribution in [3.05, 3.63) is 47.6 Å². The molecular weight excluding hydrogens is 356 g/mol. The van der Waals surface area contributed by atoms with Crippen molar-refractivity contribution in [1.29, 1.82) is 0 Å². The van der Waals surface area contributed by atoms with Crippen molar-refractivity contribution in [3.63, 3.8) is 0 Å². The van der Waals surface area contributed by atoms with Gasteiger partial charge in [0.05, 0.1) is 5.75 Å². The fraction of sp³-hybridized carbons (Fsp3) is 0.357. The lowest BCUT2D eigenvalue weighted by atomic mass is 10.2. The molecule has 0 radical (unpaired) electrons. The standard InChI is InChI=1S/C14H18N2O4S3/c1-2-9-22(17,18)16-11-13(12-5-3-7-15-10-12)23(19,20)14-6-4-8-21-14/h3-8,10,13,16H,2,9,11H2,1H3/t13-/m1/s1. The van der Waals surface area contributed by atoms with Gasteiger partial charge in [-0.1, -0.05) is 19.1 Å². The number of hydrogen-bond acceptors (Lipinski definition) is 6. The number of nitrogens with one attached hydrogen (secondary N) is 1. The lowest BCUT2D eigenvalue weighted by molar-refractivity contribution is 0.569. The fourth-order valence-corrected chi connectivity index (χ4v) is 6.14. The van der Waals surface area contributed by atoms with Gasteiger partial charge in [0.2, 0.25) is 10.0 Å². The van der Waals surface area contributed by atoms with E-state index in [9.17, 15) is 16.8 Å². The monoisotopic (exact) mass is 374 g/mol. The minimum atomic E-state index is -3.70. The van der Waals surface area contributed by atoms with Gasteiger partial charge in [0.15, 0.2) is 9.84 Å². The van der Waals surface area contributed by atoms with Crippen LogP contribution in [0.25, 0.3) is 0 Å². The minimum absolute atomic E-state index is 0.0359. The summed E-state index contributed by atoms with van der Waals surface area (Å²) >= 11 is 1.11. The zero-order valence-electron chi connectivity index (χ0n) is 12.5. The van der Waals surface area contributed by atoms with Gasteiger partial charge in [-0.2, -0.15) is 0 Å². The number of thiophene rings is 1. The van der Waals surface area contributed by atoms with E-state index in [4.69, 9.17) is 0 Å². The highest BCUT2D eigenvalue weighted by molar-refractivity contribution is 7.93. The summed E-state index contributed by atoms with van der Waals surface area (Å²) in [7, 11) is -7.19. The van der Waals surface area contributed by atoms with Gasteiger partial charge in [-0.25, -0.2) is 21.6 Å². The summed E-state index contributed by atoms with van der Waals surface area (Å²) in [6.45, 7) is 1.54. The van der Waals surface area contributed by atoms with Crippen molar-refractivity contribution in [1.82, 2.24) is 9.71 Å². The number of sulfonamides is 1. The van der Waals surface area contributed by atoms with Gasteiger partial charge in [-0.15, -0.1) is 11.3 Å². The van der Waals surface area contributed by atoms with Gasteiger partial charge in [0.25, 0.3) is 0 Å². The lowest BCUT2D eigenvalue weighted by Gasteiger charge is -2.17. The molecule has 0 aliphatic heterocycles. The van der Waals surface area contributed by atoms with Crippen LogP contribution in [0.2, 0.25) is 0 Å². The Labute approximate surface area is 140 Å². The minimum Gasteiger partial charge on any atom is -0.264 e. The molecule has 1 N–H and O–H groups in total. The first-order valence-corrected chi connectivity index (χ1v) is 11.1. The van der Waals surface area contributed by atoms with Crippen LogP contribution < -0.4 is 4.72 Å². The van der Waals surface area contributed by atoms with Gasteiger partial charge in [-0.3, -0.25) is 4.98 Å². The maximum atomic E-state index is 12.8. The van der Waals surface area contributed by atoms with E-state index in [1.54, 1.807) is 36.7 Å². The number of rotatable bonds is 8. The van der Waals surface area contributed by atoms with Crippen LogP contribution in [-0.2, 0) is 19.9 Å². The van der Waals surface area contributed by atoms with E-state index in [2.05, 4.69) is 9.71 Å². The number of nitrogens with zero attached hydrogens (tertiary/aromatic N) is 1. The molecule has 0 spiro atoms. The molecule has 1 atom stereocenters. The maximum Gasteiger partial charge on any atom is 0.211 e. The molecule has 9 heteroatoms. The summed E-state index contributed by atoms with van der Waals surface area (Å²) in [4.78, 5) is 3.94. The van der Waals surface area contributed by atoms with Crippen LogP contribution in [-0.4, -0.2) is 34.1 Å². The predicted octanol–water partition coefficient (Wildman–Crippen LogP) is 1.99. The summed E-state index contributed by atoms with van der Waals surface area (Å²) in [5.41, 5.74) is 0.458. The van der Waals surface area contributed by atoms with Crippen molar-refractivity contribution in [3.8, 4) is 0 Å². The molecule has 0 aliphatic rings. The molecule has 0 aliphatic carbocycles. The Kier molecular flexibility index (Phi) is 5.90. The molecule has 0 saturated carbocycles. The molecule has 0 aromatic carbocycles. The molecule has 2 aromatic rings. The Hall–Kier alpha value is -1.29. The molecule has 6 nitrogen and oxygen atoms in total. The molecule has 2 rings (SSSR count). The first kappa shape index (κ1) is 18.1. The molecule has 2 heterocycles. The van der Waals surface area contributed by atoms with Crippen LogP contribution in [0.3, 0.4) is 0 Å². The Balaban J connectivity index is 2.34. The third kappa shape index (κ3) is 4.60. The predicted molar refractivity (Wildman–Crippen MR) is 90.6 cm³/mol. The summed E-state index contributed by atoms with van der Waals surface area (Å²) in [6, 6.07) is 6.44. The number of hydrogen-bond donors (Lipinski definition) is 1. The zero-order chi connectivity index (χ0) is 16.9. The molecule has 0 fully saturated rings. The first-order chi connectivity index (χ1) is 10.9. The van der Waals surface area contributed by atoms with Gasteiger partial charge in [-0.05, 0) is 29.5 Å². The SMILES string of the molecule is CCCS(=O)(=O)NC[C@H](c1cccnc1)S(=O)(=O)c1cccs1. The van der Waals surface area contributed by atoms with Crippen LogP contribution in [0.1, 0.15) is 24.2 Å². The van der Waals surface area contributed by atoms with Crippen LogP contribution in [0.15, 0.2) is 46.2 Å². The number of aromatic nitrogens is 1. The average Bonchev–Trinajstić information content (AvgIpc) is 3.03. The van der Waals surface area contributed by atoms with Gasteiger partial charge in [0.1, 0.15) is 9.46 Å². The summed E-state index contributed by atoms with van der Waals surface area (Å²) in [6.07, 6.45) is 3.45. The molecule has 23 heavy (non-hydrogen) atoms. The molecular formula is C14H18N2O4S3. The van der Waals surface area contributed by atoms with E-state index in [0.717, 1.165) is 11.3 Å². The smallest absolute Gasteiger partial charge is 0.211 e. The number of pyridine rings is 1. The van der Waals surface area contributed by atoms with Gasteiger partial charge in [0, 0.05) is 18.9 Å². The van der Waals surface area contributed by atoms with Crippen molar-refractivity contribution in [2.45, 2.75) is 22.8 Å². The second-order valence-electron chi connectivity index (χ2n) is 4.92. The molecule has 126 valence electrons. The Morgan fingerprint density at radius 2 is 2.00 bits per heavy atom. The highest BCUT2D eigenvalue weighted by atomic mass is 32.2. The number of sulfone groups is 1. The molecule has 0 saturated heterocycles. The third-order valence-corrected chi connectivity index (χ3v) is 8.25. The van der Waals surface area contributed by atoms with E-state index < -0.39 is 25.1 Å². The van der Waals surface area contributed by atoms with Gasteiger partial charge >= 0.3 is 0 Å². The van der Waals surface area contributed by atoms with Crippen molar-refractivity contribution >= 4 is 31.2 Å². The molecule has 0 bridgehead atoms. The Morgan fingerprint density at radius 3 is 2.57 bits per heavy atom. The third-order valence-electron chi connectivity index (χ3n) is 3.17. The van der Waals surface area contributed by atoms with E-state index in [1.807, 2.05) is 0 Å². The van der Waals surface area contributed by atoms with Gasteiger partial charge < -0.3 is 0 Å². The second kappa shape index (κ2) is 7.52. The van der Waals surface area contributed by atoms with E-state index in [-0.39, 0.29) is 16.5 Å². The topological polar surface area (TPSA) is 93.2 Å². The fourth-order valence-electron chi connectivity index (χ4n) is 2.08. The summed E-state index contributed by atoms with van der Waals surface area (Å²) in [5, 5.41) is 0.663. The molecule has 2 aromatic heterocycles. The van der Waals surface area contributed by atoms with Crippen LogP contribution in [0.4, 0.5) is 0 Å². The quantitative estimate of drug-likeness (QED) is 0.763. The highest BCUT2D eigenvalue weighted by Crippen LogP contribution is 2.30.